The highest BCUT2D eigenvalue weighted by Gasteiger charge is 2.46. The zero-order valence-electron chi connectivity index (χ0n) is 34.6. The number of hydrogen-bond acceptors (Lipinski definition) is 1. The first kappa shape index (κ1) is 37.8. The standard InChI is InChI=1S/C61H42N2/c62-60(46-19-7-2-8-20-46)63-59(45-17-5-1-6-18-45)38-35-44-33-36-53(54-28-16-15-27-52(44)54)43-31-29-42(30-32-43)49-34-37-55-56-39-47-21-13-14-22-48(47)40-58(56)61(57(55)41-49,50-23-9-3-10-24-50)51-25-11-4-12-26-51/h1-41,62H/b38-35+,62-60?,63-59?. The van der Waals surface area contributed by atoms with E-state index in [0.717, 1.165) is 33.4 Å². The van der Waals surface area contributed by atoms with Crippen LogP contribution in [0, 0.1) is 5.41 Å². The van der Waals surface area contributed by atoms with Crippen molar-refractivity contribution >= 4 is 39.2 Å². The lowest BCUT2D eigenvalue weighted by atomic mass is 9.67. The lowest BCUT2D eigenvalue weighted by Gasteiger charge is -2.34. The Kier molecular flexibility index (Phi) is 9.60. The van der Waals surface area contributed by atoms with Crippen molar-refractivity contribution in [3.63, 3.8) is 0 Å². The molecule has 0 saturated heterocycles. The minimum atomic E-state index is -0.486. The van der Waals surface area contributed by atoms with E-state index in [1.165, 1.54) is 66.2 Å². The number of aliphatic imine (C=N–C) groups is 1. The summed E-state index contributed by atoms with van der Waals surface area (Å²) in [7, 11) is 0. The third-order valence-corrected chi connectivity index (χ3v) is 12.7. The van der Waals surface area contributed by atoms with Gasteiger partial charge in [-0.15, -0.1) is 0 Å². The Hall–Kier alpha value is -8.20. The molecule has 0 aromatic heterocycles. The van der Waals surface area contributed by atoms with Crippen molar-refractivity contribution in [2.24, 2.45) is 4.99 Å². The molecular weight excluding hydrogens is 761 g/mol. The Morgan fingerprint density at radius 2 is 0.905 bits per heavy atom. The second-order valence-electron chi connectivity index (χ2n) is 16.2. The van der Waals surface area contributed by atoms with Crippen LogP contribution in [-0.2, 0) is 5.41 Å². The van der Waals surface area contributed by atoms with Gasteiger partial charge in [-0.05, 0) is 107 Å². The summed E-state index contributed by atoms with van der Waals surface area (Å²) in [5.74, 6) is 0.230. The van der Waals surface area contributed by atoms with Crippen molar-refractivity contribution < 1.29 is 0 Å². The quantitative estimate of drug-likeness (QED) is 0.117. The van der Waals surface area contributed by atoms with Crippen molar-refractivity contribution in [1.82, 2.24) is 0 Å². The topological polar surface area (TPSA) is 36.2 Å². The summed E-state index contributed by atoms with van der Waals surface area (Å²) in [6.45, 7) is 0. The van der Waals surface area contributed by atoms with Gasteiger partial charge in [0.2, 0.25) is 0 Å². The van der Waals surface area contributed by atoms with Gasteiger partial charge in [-0.2, -0.15) is 0 Å². The van der Waals surface area contributed by atoms with Crippen LogP contribution in [0.25, 0.3) is 61.0 Å². The zero-order valence-corrected chi connectivity index (χ0v) is 34.6. The van der Waals surface area contributed by atoms with Crippen LogP contribution < -0.4 is 0 Å². The van der Waals surface area contributed by atoms with Gasteiger partial charge >= 0.3 is 0 Å². The second kappa shape index (κ2) is 16.0. The molecule has 296 valence electrons. The molecule has 0 aliphatic heterocycles. The molecule has 1 N–H and O–H groups in total. The average Bonchev–Trinajstić information content (AvgIpc) is 3.64. The smallest absolute Gasteiger partial charge is 0.152 e. The third kappa shape index (κ3) is 6.70. The fourth-order valence-corrected chi connectivity index (χ4v) is 9.67. The van der Waals surface area contributed by atoms with Crippen LogP contribution in [0.4, 0.5) is 0 Å². The van der Waals surface area contributed by atoms with E-state index in [4.69, 9.17) is 10.4 Å². The number of hydrogen-bond donors (Lipinski definition) is 1. The highest BCUT2D eigenvalue weighted by atomic mass is 14.8. The van der Waals surface area contributed by atoms with Gasteiger partial charge in [0.1, 0.15) is 0 Å². The molecule has 0 saturated carbocycles. The van der Waals surface area contributed by atoms with Crippen molar-refractivity contribution in [3.05, 3.63) is 282 Å². The maximum atomic E-state index is 8.77. The average molecular weight is 803 g/mol. The lowest BCUT2D eigenvalue weighted by molar-refractivity contribution is 0.770. The van der Waals surface area contributed by atoms with Crippen LogP contribution >= 0.6 is 0 Å². The van der Waals surface area contributed by atoms with Gasteiger partial charge in [0.05, 0.1) is 11.1 Å². The SMILES string of the molecule is N=C(N=C(/C=C/c1ccc(-c2ccc(-c3ccc4c(c3)C(c3ccccc3)(c3ccccc3)c3cc5ccccc5cc3-4)cc2)c2ccccc12)c1ccccc1)c1ccccc1. The van der Waals surface area contributed by atoms with E-state index in [2.05, 4.69) is 182 Å². The Labute approximate surface area is 368 Å². The first-order valence-corrected chi connectivity index (χ1v) is 21.5. The maximum absolute atomic E-state index is 8.77. The van der Waals surface area contributed by atoms with E-state index in [9.17, 15) is 0 Å². The van der Waals surface area contributed by atoms with Gasteiger partial charge in [-0.1, -0.05) is 224 Å². The molecule has 0 amide bonds. The first-order valence-electron chi connectivity index (χ1n) is 21.5. The Morgan fingerprint density at radius 3 is 1.57 bits per heavy atom. The number of benzene rings is 10. The monoisotopic (exact) mass is 802 g/mol. The number of fused-ring (bicyclic) bond motifs is 5. The van der Waals surface area contributed by atoms with Gasteiger partial charge in [0, 0.05) is 11.1 Å². The van der Waals surface area contributed by atoms with E-state index in [-0.39, 0.29) is 5.84 Å². The van der Waals surface area contributed by atoms with Gasteiger partial charge in [-0.25, -0.2) is 4.99 Å². The Bertz CT molecular complexity index is 3330. The molecule has 0 bridgehead atoms. The summed E-state index contributed by atoms with van der Waals surface area (Å²) in [6, 6.07) is 84.6. The van der Waals surface area contributed by atoms with Crippen LogP contribution in [0.1, 0.15) is 38.9 Å². The fourth-order valence-electron chi connectivity index (χ4n) is 9.67. The highest BCUT2D eigenvalue weighted by molar-refractivity contribution is 6.18. The predicted octanol–water partition coefficient (Wildman–Crippen LogP) is 15.2. The molecule has 0 unspecified atom stereocenters. The molecule has 0 fully saturated rings. The molecule has 1 aliphatic carbocycles. The van der Waals surface area contributed by atoms with Crippen LogP contribution in [0.15, 0.2) is 248 Å². The third-order valence-electron chi connectivity index (χ3n) is 12.7. The fraction of sp³-hybridized carbons (Fsp3) is 0.0164. The van der Waals surface area contributed by atoms with Crippen molar-refractivity contribution in [2.75, 3.05) is 0 Å². The summed E-state index contributed by atoms with van der Waals surface area (Å²) in [6.07, 6.45) is 4.16. The highest BCUT2D eigenvalue weighted by Crippen LogP contribution is 2.57. The molecule has 11 rings (SSSR count). The van der Waals surface area contributed by atoms with Crippen molar-refractivity contribution in [3.8, 4) is 33.4 Å². The molecule has 1 aliphatic rings. The van der Waals surface area contributed by atoms with Crippen LogP contribution in [0.3, 0.4) is 0 Å². The molecule has 63 heavy (non-hydrogen) atoms. The molecule has 10 aromatic rings. The molecule has 0 radical (unpaired) electrons. The largest absolute Gasteiger partial charge is 0.282 e. The van der Waals surface area contributed by atoms with Crippen molar-refractivity contribution in [1.29, 1.82) is 5.41 Å². The van der Waals surface area contributed by atoms with Crippen LogP contribution in [0.2, 0.25) is 0 Å². The van der Waals surface area contributed by atoms with E-state index in [1.54, 1.807) is 0 Å². The molecule has 10 aromatic carbocycles. The number of amidine groups is 1. The summed E-state index contributed by atoms with van der Waals surface area (Å²) < 4.78 is 0. The molecule has 0 spiro atoms. The summed E-state index contributed by atoms with van der Waals surface area (Å²) in [5, 5.41) is 13.6. The molecule has 2 heteroatoms. The predicted molar refractivity (Wildman–Crippen MR) is 265 cm³/mol. The number of allylic oxidation sites excluding steroid dienone is 1. The summed E-state index contributed by atoms with van der Waals surface area (Å²) >= 11 is 0. The number of nitrogens with one attached hydrogen (secondary N) is 1. The van der Waals surface area contributed by atoms with Crippen LogP contribution in [0.5, 0.6) is 0 Å². The second-order valence-corrected chi connectivity index (χ2v) is 16.2. The minimum absolute atomic E-state index is 0.230. The van der Waals surface area contributed by atoms with E-state index in [1.807, 2.05) is 66.7 Å². The summed E-state index contributed by atoms with van der Waals surface area (Å²) in [4.78, 5) is 4.80. The first-order chi connectivity index (χ1) is 31.1. The number of rotatable bonds is 8. The normalized spacial score (nSPS) is 13.0. The van der Waals surface area contributed by atoms with Crippen molar-refractivity contribution in [2.45, 2.75) is 5.41 Å². The molecule has 2 nitrogen and oxygen atoms in total. The minimum Gasteiger partial charge on any atom is -0.282 e. The van der Waals surface area contributed by atoms with E-state index < -0.39 is 5.41 Å². The van der Waals surface area contributed by atoms with E-state index >= 15 is 0 Å². The van der Waals surface area contributed by atoms with Gasteiger partial charge in [-0.3, -0.25) is 5.41 Å². The van der Waals surface area contributed by atoms with Gasteiger partial charge in [0.15, 0.2) is 5.84 Å². The summed E-state index contributed by atoms with van der Waals surface area (Å²) in [5.41, 5.74) is 15.5. The molecular formula is C61H42N2. The Balaban J connectivity index is 0.977. The molecule has 0 heterocycles. The van der Waals surface area contributed by atoms with Gasteiger partial charge in [0.25, 0.3) is 0 Å². The van der Waals surface area contributed by atoms with Gasteiger partial charge < -0.3 is 0 Å². The van der Waals surface area contributed by atoms with E-state index in [0.29, 0.717) is 0 Å². The Morgan fingerprint density at radius 1 is 0.397 bits per heavy atom. The maximum Gasteiger partial charge on any atom is 0.152 e. The number of nitrogens with zero attached hydrogens (tertiary/aromatic N) is 1. The molecule has 0 atom stereocenters. The van der Waals surface area contributed by atoms with Crippen LogP contribution in [-0.4, -0.2) is 11.5 Å². The lowest BCUT2D eigenvalue weighted by Crippen LogP contribution is -2.28. The zero-order chi connectivity index (χ0) is 42.2.